The Morgan fingerprint density at radius 1 is 1.04 bits per heavy atom. The Morgan fingerprint density at radius 2 is 1.62 bits per heavy atom. The molecule has 5 nitrogen and oxygen atoms in total. The van der Waals surface area contributed by atoms with E-state index < -0.39 is 5.97 Å². The van der Waals surface area contributed by atoms with Crippen molar-refractivity contribution in [1.82, 2.24) is 0 Å². The Balaban J connectivity index is 1.50. The molecular weight excluding hydrogens is 332 g/mol. The van der Waals surface area contributed by atoms with E-state index in [1.165, 1.54) is 0 Å². The highest BCUT2D eigenvalue weighted by molar-refractivity contribution is 5.91. The highest BCUT2D eigenvalue weighted by Crippen LogP contribution is 2.21. The van der Waals surface area contributed by atoms with Crippen molar-refractivity contribution >= 4 is 5.97 Å². The second kappa shape index (κ2) is 8.72. The van der Waals surface area contributed by atoms with Gasteiger partial charge in [0, 0.05) is 0 Å². The van der Waals surface area contributed by atoms with Gasteiger partial charge >= 0.3 is 5.97 Å². The van der Waals surface area contributed by atoms with Gasteiger partial charge in [0.05, 0.1) is 18.8 Å². The lowest BCUT2D eigenvalue weighted by Crippen LogP contribution is -2.09. The number of benzene rings is 2. The monoisotopic (exact) mass is 356 g/mol. The molecule has 0 radical (unpaired) electrons. The molecule has 0 spiro atoms. The Labute approximate surface area is 153 Å². The van der Waals surface area contributed by atoms with Gasteiger partial charge in [-0.1, -0.05) is 20.3 Å². The zero-order chi connectivity index (χ0) is 18.4. The summed E-state index contributed by atoms with van der Waals surface area (Å²) in [5, 5.41) is 0. The van der Waals surface area contributed by atoms with Gasteiger partial charge in [-0.15, -0.1) is 0 Å². The van der Waals surface area contributed by atoms with E-state index in [4.69, 9.17) is 18.9 Å². The minimum absolute atomic E-state index is 0.205. The summed E-state index contributed by atoms with van der Waals surface area (Å²) in [6.07, 6.45) is 1.28. The third-order valence-electron chi connectivity index (χ3n) is 4.19. The van der Waals surface area contributed by atoms with E-state index in [0.29, 0.717) is 36.2 Å². The van der Waals surface area contributed by atoms with Crippen LogP contribution in [-0.2, 0) is 4.74 Å². The average molecular weight is 356 g/mol. The zero-order valence-electron chi connectivity index (χ0n) is 15.1. The fourth-order valence-corrected chi connectivity index (χ4v) is 2.17. The largest absolute Gasteiger partial charge is 0.493 e. The minimum Gasteiger partial charge on any atom is -0.493 e. The lowest BCUT2D eigenvalue weighted by molar-refractivity contribution is 0.0734. The van der Waals surface area contributed by atoms with Crippen molar-refractivity contribution < 1.29 is 23.7 Å². The molecule has 1 aliphatic heterocycles. The number of hydrogen-bond acceptors (Lipinski definition) is 5. The van der Waals surface area contributed by atoms with Crippen molar-refractivity contribution in [2.24, 2.45) is 5.92 Å². The van der Waals surface area contributed by atoms with Crippen LogP contribution < -0.4 is 14.2 Å². The van der Waals surface area contributed by atoms with Crippen LogP contribution in [0, 0.1) is 5.92 Å². The maximum Gasteiger partial charge on any atom is 0.343 e. The van der Waals surface area contributed by atoms with E-state index in [-0.39, 0.29) is 6.10 Å². The minimum atomic E-state index is -0.407. The molecule has 1 heterocycles. The lowest BCUT2D eigenvalue weighted by atomic mass is 10.1. The van der Waals surface area contributed by atoms with Gasteiger partial charge in [-0.2, -0.15) is 0 Å². The molecule has 2 aromatic rings. The number of ether oxygens (including phenoxy) is 4. The molecule has 2 atom stereocenters. The van der Waals surface area contributed by atoms with Crippen LogP contribution in [0.15, 0.2) is 48.5 Å². The molecule has 5 heteroatoms. The predicted octanol–water partition coefficient (Wildman–Crippen LogP) is 4.11. The van der Waals surface area contributed by atoms with Gasteiger partial charge in [0.1, 0.15) is 30.0 Å². The normalized spacial score (nSPS) is 16.6. The fraction of sp³-hybridized carbons (Fsp3) is 0.381. The number of rotatable bonds is 9. The van der Waals surface area contributed by atoms with Gasteiger partial charge in [-0.3, -0.25) is 0 Å². The molecular formula is C21H24O5. The molecule has 138 valence electrons. The van der Waals surface area contributed by atoms with Gasteiger partial charge in [-0.25, -0.2) is 4.79 Å². The first kappa shape index (κ1) is 18.3. The van der Waals surface area contributed by atoms with Crippen molar-refractivity contribution in [2.45, 2.75) is 26.4 Å². The van der Waals surface area contributed by atoms with Gasteiger partial charge < -0.3 is 18.9 Å². The van der Waals surface area contributed by atoms with Crippen molar-refractivity contribution in [2.75, 3.05) is 19.8 Å². The maximum atomic E-state index is 12.2. The summed E-state index contributed by atoms with van der Waals surface area (Å²) in [6, 6.07) is 14.0. The molecule has 1 aliphatic rings. The van der Waals surface area contributed by atoms with Gasteiger partial charge in [-0.05, 0) is 54.4 Å². The second-order valence-corrected chi connectivity index (χ2v) is 6.48. The third-order valence-corrected chi connectivity index (χ3v) is 4.19. The van der Waals surface area contributed by atoms with Crippen LogP contribution in [0.3, 0.4) is 0 Å². The van der Waals surface area contributed by atoms with E-state index in [9.17, 15) is 4.79 Å². The summed E-state index contributed by atoms with van der Waals surface area (Å²) in [5.41, 5.74) is 0.470. The van der Waals surface area contributed by atoms with Crippen LogP contribution in [0.2, 0.25) is 0 Å². The van der Waals surface area contributed by atoms with Crippen LogP contribution >= 0.6 is 0 Å². The molecule has 1 fully saturated rings. The summed E-state index contributed by atoms with van der Waals surface area (Å²) in [7, 11) is 0. The molecule has 2 aromatic carbocycles. The summed E-state index contributed by atoms with van der Waals surface area (Å²) >= 11 is 0. The molecule has 0 amide bonds. The number of hydrogen-bond donors (Lipinski definition) is 0. The van der Waals surface area contributed by atoms with E-state index in [0.717, 1.165) is 18.8 Å². The summed E-state index contributed by atoms with van der Waals surface area (Å²) in [4.78, 5) is 12.2. The molecule has 0 aromatic heterocycles. The first-order valence-electron chi connectivity index (χ1n) is 8.93. The molecule has 3 rings (SSSR count). The first-order valence-corrected chi connectivity index (χ1v) is 8.93. The first-order chi connectivity index (χ1) is 12.6. The fourth-order valence-electron chi connectivity index (χ4n) is 2.17. The van der Waals surface area contributed by atoms with Crippen LogP contribution in [0.25, 0.3) is 0 Å². The van der Waals surface area contributed by atoms with Crippen molar-refractivity contribution in [1.29, 1.82) is 0 Å². The molecule has 26 heavy (non-hydrogen) atoms. The Morgan fingerprint density at radius 3 is 2.23 bits per heavy atom. The van der Waals surface area contributed by atoms with Crippen molar-refractivity contribution in [3.8, 4) is 17.2 Å². The van der Waals surface area contributed by atoms with Crippen LogP contribution in [0.1, 0.15) is 30.6 Å². The number of esters is 1. The average Bonchev–Trinajstić information content (AvgIpc) is 3.50. The quantitative estimate of drug-likeness (QED) is 0.384. The SMILES string of the molecule is CCC(C)COc1ccc(OC(=O)c2ccc(OCC3CO3)cc2)cc1. The molecule has 0 saturated carbocycles. The van der Waals surface area contributed by atoms with E-state index >= 15 is 0 Å². The number of carbonyl (C=O) groups is 1. The second-order valence-electron chi connectivity index (χ2n) is 6.48. The molecule has 2 unspecified atom stereocenters. The van der Waals surface area contributed by atoms with Gasteiger partial charge in [0.2, 0.25) is 0 Å². The van der Waals surface area contributed by atoms with Crippen LogP contribution in [-0.4, -0.2) is 31.9 Å². The topological polar surface area (TPSA) is 57.3 Å². The lowest BCUT2D eigenvalue weighted by Gasteiger charge is -2.11. The van der Waals surface area contributed by atoms with E-state index in [2.05, 4.69) is 13.8 Å². The smallest absolute Gasteiger partial charge is 0.343 e. The van der Waals surface area contributed by atoms with Crippen molar-refractivity contribution in [3.05, 3.63) is 54.1 Å². The predicted molar refractivity (Wildman–Crippen MR) is 98.0 cm³/mol. The molecule has 0 aliphatic carbocycles. The Bertz CT molecular complexity index is 704. The number of epoxide rings is 1. The zero-order valence-corrected chi connectivity index (χ0v) is 15.1. The van der Waals surface area contributed by atoms with E-state index in [1.54, 1.807) is 36.4 Å². The summed E-state index contributed by atoms with van der Waals surface area (Å²) < 4.78 is 21.7. The highest BCUT2D eigenvalue weighted by Gasteiger charge is 2.23. The van der Waals surface area contributed by atoms with E-state index in [1.807, 2.05) is 12.1 Å². The molecule has 0 bridgehead atoms. The third kappa shape index (κ3) is 5.49. The number of carbonyl (C=O) groups excluding carboxylic acids is 1. The van der Waals surface area contributed by atoms with Crippen LogP contribution in [0.5, 0.6) is 17.2 Å². The Hall–Kier alpha value is -2.53. The maximum absolute atomic E-state index is 12.2. The molecule has 0 N–H and O–H groups in total. The standard InChI is InChI=1S/C21H24O5/c1-3-15(2)12-23-18-8-10-19(11-9-18)26-21(22)16-4-6-17(7-5-16)24-13-20-14-25-20/h4-11,15,20H,3,12-14H2,1-2H3. The summed E-state index contributed by atoms with van der Waals surface area (Å²) in [6.45, 7) is 6.25. The Kier molecular flexibility index (Phi) is 6.12. The van der Waals surface area contributed by atoms with Crippen LogP contribution in [0.4, 0.5) is 0 Å². The van der Waals surface area contributed by atoms with Gasteiger partial charge in [0.15, 0.2) is 0 Å². The van der Waals surface area contributed by atoms with Crippen molar-refractivity contribution in [3.63, 3.8) is 0 Å². The highest BCUT2D eigenvalue weighted by atomic mass is 16.6. The summed E-state index contributed by atoms with van der Waals surface area (Å²) in [5.74, 6) is 2.06. The van der Waals surface area contributed by atoms with Gasteiger partial charge in [0.25, 0.3) is 0 Å². The molecule has 1 saturated heterocycles.